The summed E-state index contributed by atoms with van der Waals surface area (Å²) >= 11 is 0. The highest BCUT2D eigenvalue weighted by molar-refractivity contribution is 5.80. The second-order valence-corrected chi connectivity index (χ2v) is 7.20. The quantitative estimate of drug-likeness (QED) is 0.618. The van der Waals surface area contributed by atoms with Crippen LogP contribution in [0.2, 0.25) is 0 Å². The van der Waals surface area contributed by atoms with E-state index in [1.54, 1.807) is 0 Å². The topological polar surface area (TPSA) is 60.7 Å². The van der Waals surface area contributed by atoms with Gasteiger partial charge in [0.2, 0.25) is 5.95 Å². The van der Waals surface area contributed by atoms with Crippen molar-refractivity contribution < 1.29 is 0 Å². The Morgan fingerprint density at radius 2 is 2.12 bits per heavy atom. The van der Waals surface area contributed by atoms with E-state index in [4.69, 9.17) is 0 Å². The van der Waals surface area contributed by atoms with Crippen molar-refractivity contribution >= 4 is 11.9 Å². The lowest BCUT2D eigenvalue weighted by Gasteiger charge is -2.22. The summed E-state index contributed by atoms with van der Waals surface area (Å²) in [7, 11) is 7.86. The number of guanidine groups is 1. The van der Waals surface area contributed by atoms with E-state index in [0.717, 1.165) is 30.7 Å². The highest BCUT2D eigenvalue weighted by atomic mass is 15.3. The average Bonchev–Trinajstić information content (AvgIpc) is 3.07. The summed E-state index contributed by atoms with van der Waals surface area (Å²) in [6.07, 6.45) is 1.91. The number of likely N-dealkylation sites (tertiary alicyclic amines) is 1. The van der Waals surface area contributed by atoms with Gasteiger partial charge in [-0.3, -0.25) is 9.89 Å². The van der Waals surface area contributed by atoms with Crippen LogP contribution in [0.5, 0.6) is 0 Å². The SMILES string of the molecule is CN=C(NCc1cnc(N(C)C)n1C)NC1CN(C(C)C)CC1C. The van der Waals surface area contributed by atoms with E-state index in [9.17, 15) is 0 Å². The zero-order valence-electron chi connectivity index (χ0n) is 16.2. The Kier molecular flexibility index (Phi) is 6.10. The van der Waals surface area contributed by atoms with Gasteiger partial charge in [0.05, 0.1) is 18.4 Å². The molecule has 0 aliphatic carbocycles. The first-order valence-electron chi connectivity index (χ1n) is 8.72. The van der Waals surface area contributed by atoms with Crippen molar-refractivity contribution in [2.24, 2.45) is 18.0 Å². The lowest BCUT2D eigenvalue weighted by Crippen LogP contribution is -2.46. The third-order valence-corrected chi connectivity index (χ3v) is 4.81. The van der Waals surface area contributed by atoms with E-state index in [0.29, 0.717) is 24.5 Å². The zero-order chi connectivity index (χ0) is 17.9. The molecule has 0 saturated carbocycles. The molecule has 2 rings (SSSR count). The third kappa shape index (κ3) is 4.20. The summed E-state index contributed by atoms with van der Waals surface area (Å²) in [5, 5.41) is 6.99. The van der Waals surface area contributed by atoms with Gasteiger partial charge >= 0.3 is 0 Å². The van der Waals surface area contributed by atoms with Crippen molar-refractivity contribution in [3.63, 3.8) is 0 Å². The third-order valence-electron chi connectivity index (χ3n) is 4.81. The van der Waals surface area contributed by atoms with Crippen LogP contribution in [-0.4, -0.2) is 66.7 Å². The van der Waals surface area contributed by atoms with Gasteiger partial charge in [0.1, 0.15) is 0 Å². The second kappa shape index (κ2) is 7.88. The average molecular weight is 336 g/mol. The fraction of sp³-hybridized carbons (Fsp3) is 0.765. The number of aromatic nitrogens is 2. The molecule has 1 aliphatic rings. The Labute approximate surface area is 146 Å². The van der Waals surface area contributed by atoms with Gasteiger partial charge in [-0.2, -0.15) is 0 Å². The normalized spacial score (nSPS) is 22.2. The molecule has 24 heavy (non-hydrogen) atoms. The Morgan fingerprint density at radius 1 is 1.42 bits per heavy atom. The zero-order valence-corrected chi connectivity index (χ0v) is 16.2. The summed E-state index contributed by atoms with van der Waals surface area (Å²) in [5.74, 6) is 2.42. The number of nitrogens with zero attached hydrogens (tertiary/aromatic N) is 5. The molecule has 1 saturated heterocycles. The molecule has 136 valence electrons. The molecule has 2 atom stereocenters. The number of rotatable bonds is 5. The van der Waals surface area contributed by atoms with Gasteiger partial charge in [0.15, 0.2) is 5.96 Å². The van der Waals surface area contributed by atoms with E-state index in [2.05, 4.69) is 50.8 Å². The van der Waals surface area contributed by atoms with Gasteiger partial charge in [-0.25, -0.2) is 4.98 Å². The Hall–Kier alpha value is -1.76. The van der Waals surface area contributed by atoms with Crippen LogP contribution in [0.4, 0.5) is 5.95 Å². The molecule has 0 spiro atoms. The molecule has 2 heterocycles. The number of nitrogens with one attached hydrogen (secondary N) is 2. The maximum absolute atomic E-state index is 4.45. The van der Waals surface area contributed by atoms with Crippen LogP contribution in [0.3, 0.4) is 0 Å². The fourth-order valence-electron chi connectivity index (χ4n) is 3.17. The number of hydrogen-bond acceptors (Lipinski definition) is 4. The molecular formula is C17H33N7. The summed E-state index contributed by atoms with van der Waals surface area (Å²) in [5.41, 5.74) is 1.13. The van der Waals surface area contributed by atoms with Crippen molar-refractivity contribution in [3.05, 3.63) is 11.9 Å². The molecule has 0 radical (unpaired) electrons. The number of hydrogen-bond donors (Lipinski definition) is 2. The second-order valence-electron chi connectivity index (χ2n) is 7.20. The van der Waals surface area contributed by atoms with Gasteiger partial charge in [0, 0.05) is 53.4 Å². The van der Waals surface area contributed by atoms with Crippen molar-refractivity contribution in [2.75, 3.05) is 39.1 Å². The molecule has 0 amide bonds. The minimum Gasteiger partial charge on any atom is -0.352 e. The molecule has 1 aromatic heterocycles. The van der Waals surface area contributed by atoms with E-state index in [1.165, 1.54) is 0 Å². The molecule has 1 aliphatic heterocycles. The Balaban J connectivity index is 1.92. The van der Waals surface area contributed by atoms with Crippen LogP contribution in [0.1, 0.15) is 26.5 Å². The van der Waals surface area contributed by atoms with Crippen LogP contribution in [0.25, 0.3) is 0 Å². The lowest BCUT2D eigenvalue weighted by atomic mass is 10.1. The molecule has 2 unspecified atom stereocenters. The predicted octanol–water partition coefficient (Wildman–Crippen LogP) is 0.880. The standard InChI is InChI=1S/C17H33N7/c1-12(2)24-10-13(3)15(11-24)21-16(18-4)19-8-14-9-20-17(22(5)6)23(14)7/h9,12-13,15H,8,10-11H2,1-7H3,(H2,18,19,21). The molecule has 7 nitrogen and oxygen atoms in total. The highest BCUT2D eigenvalue weighted by Crippen LogP contribution is 2.18. The summed E-state index contributed by atoms with van der Waals surface area (Å²) in [4.78, 5) is 13.3. The minimum absolute atomic E-state index is 0.433. The van der Waals surface area contributed by atoms with Gasteiger partial charge in [-0.1, -0.05) is 6.92 Å². The smallest absolute Gasteiger partial charge is 0.204 e. The maximum Gasteiger partial charge on any atom is 0.204 e. The van der Waals surface area contributed by atoms with Crippen molar-refractivity contribution in [3.8, 4) is 0 Å². The van der Waals surface area contributed by atoms with Crippen LogP contribution in [-0.2, 0) is 13.6 Å². The Bertz CT molecular complexity index is 561. The van der Waals surface area contributed by atoms with E-state index in [1.807, 2.05) is 39.3 Å². The van der Waals surface area contributed by atoms with E-state index >= 15 is 0 Å². The molecule has 1 aromatic rings. The molecule has 0 bridgehead atoms. The van der Waals surface area contributed by atoms with Crippen molar-refractivity contribution in [1.82, 2.24) is 25.1 Å². The highest BCUT2D eigenvalue weighted by Gasteiger charge is 2.31. The van der Waals surface area contributed by atoms with Crippen LogP contribution in [0.15, 0.2) is 11.2 Å². The van der Waals surface area contributed by atoms with Crippen LogP contribution >= 0.6 is 0 Å². The molecular weight excluding hydrogens is 302 g/mol. The van der Waals surface area contributed by atoms with Crippen LogP contribution < -0.4 is 15.5 Å². The van der Waals surface area contributed by atoms with Crippen molar-refractivity contribution in [2.45, 2.75) is 39.4 Å². The molecule has 1 fully saturated rings. The van der Waals surface area contributed by atoms with Crippen LogP contribution in [0, 0.1) is 5.92 Å². The Morgan fingerprint density at radius 3 is 2.62 bits per heavy atom. The first-order chi connectivity index (χ1) is 11.3. The number of imidazole rings is 1. The summed E-state index contributed by atoms with van der Waals surface area (Å²) in [6.45, 7) is 9.72. The van der Waals surface area contributed by atoms with E-state index in [-0.39, 0.29) is 0 Å². The first kappa shape index (κ1) is 18.6. The molecule has 2 N–H and O–H groups in total. The predicted molar refractivity (Wildman–Crippen MR) is 101 cm³/mol. The van der Waals surface area contributed by atoms with E-state index < -0.39 is 0 Å². The maximum atomic E-state index is 4.45. The summed E-state index contributed by atoms with van der Waals surface area (Å²) < 4.78 is 2.10. The summed E-state index contributed by atoms with van der Waals surface area (Å²) in [6, 6.07) is 1.02. The van der Waals surface area contributed by atoms with Gasteiger partial charge < -0.3 is 20.1 Å². The number of aliphatic imine (C=N–C) groups is 1. The van der Waals surface area contributed by atoms with Gasteiger partial charge in [-0.05, 0) is 19.8 Å². The molecule has 7 heteroatoms. The fourth-order valence-corrected chi connectivity index (χ4v) is 3.17. The van der Waals surface area contributed by atoms with Gasteiger partial charge in [0.25, 0.3) is 0 Å². The molecule has 0 aromatic carbocycles. The minimum atomic E-state index is 0.433. The lowest BCUT2D eigenvalue weighted by molar-refractivity contribution is 0.265. The monoisotopic (exact) mass is 335 g/mol. The number of anilines is 1. The van der Waals surface area contributed by atoms with Gasteiger partial charge in [-0.15, -0.1) is 0 Å². The largest absolute Gasteiger partial charge is 0.352 e. The van der Waals surface area contributed by atoms with Crippen molar-refractivity contribution in [1.29, 1.82) is 0 Å². The first-order valence-corrected chi connectivity index (χ1v) is 8.72.